The maximum absolute atomic E-state index is 11.8. The lowest BCUT2D eigenvalue weighted by Crippen LogP contribution is -2.46. The zero-order valence-electron chi connectivity index (χ0n) is 17.6. The summed E-state index contributed by atoms with van der Waals surface area (Å²) >= 11 is 0. The van der Waals surface area contributed by atoms with Crippen molar-refractivity contribution in [2.45, 2.75) is 19.1 Å². The van der Waals surface area contributed by atoms with Crippen molar-refractivity contribution >= 4 is 16.6 Å². The van der Waals surface area contributed by atoms with E-state index < -0.39 is 0 Å². The van der Waals surface area contributed by atoms with Crippen molar-refractivity contribution in [1.82, 2.24) is 24.6 Å². The third-order valence-corrected chi connectivity index (χ3v) is 5.92. The average Bonchev–Trinajstić information content (AvgIpc) is 3.30. The van der Waals surface area contributed by atoms with E-state index in [0.29, 0.717) is 12.5 Å². The summed E-state index contributed by atoms with van der Waals surface area (Å²) in [4.78, 5) is 25.3. The topological polar surface area (TPSA) is 85.6 Å². The van der Waals surface area contributed by atoms with Crippen molar-refractivity contribution in [3.05, 3.63) is 52.7 Å². The molecule has 4 heterocycles. The van der Waals surface area contributed by atoms with Gasteiger partial charge in [-0.05, 0) is 23.8 Å². The molecule has 2 aromatic heterocycles. The molecule has 0 amide bonds. The van der Waals surface area contributed by atoms with Gasteiger partial charge in [0.1, 0.15) is 12.4 Å². The SMILES string of the molecule is Cn1ncc(CN2CCN(c3ccc4ncnc(OC5CCOC5)c4c3)CC2)cc1=O. The molecule has 1 atom stereocenters. The molecule has 162 valence electrons. The summed E-state index contributed by atoms with van der Waals surface area (Å²) in [5.41, 5.74) is 2.91. The molecule has 2 aliphatic heterocycles. The first-order valence-corrected chi connectivity index (χ1v) is 10.6. The molecule has 1 unspecified atom stereocenters. The van der Waals surface area contributed by atoms with Gasteiger partial charge >= 0.3 is 0 Å². The lowest BCUT2D eigenvalue weighted by Gasteiger charge is -2.36. The number of nitrogens with zero attached hydrogens (tertiary/aromatic N) is 6. The second-order valence-electron chi connectivity index (χ2n) is 8.07. The highest BCUT2D eigenvalue weighted by atomic mass is 16.5. The summed E-state index contributed by atoms with van der Waals surface area (Å²) in [5.74, 6) is 0.624. The van der Waals surface area contributed by atoms with Crippen LogP contribution < -0.4 is 15.2 Å². The second-order valence-corrected chi connectivity index (χ2v) is 8.07. The highest BCUT2D eigenvalue weighted by molar-refractivity contribution is 5.86. The third kappa shape index (κ3) is 4.38. The largest absolute Gasteiger partial charge is 0.471 e. The van der Waals surface area contributed by atoms with Crippen molar-refractivity contribution in [1.29, 1.82) is 0 Å². The van der Waals surface area contributed by atoms with E-state index in [0.717, 1.165) is 67.9 Å². The fourth-order valence-corrected chi connectivity index (χ4v) is 4.09. The van der Waals surface area contributed by atoms with Gasteiger partial charge in [0.25, 0.3) is 5.56 Å². The van der Waals surface area contributed by atoms with Gasteiger partial charge < -0.3 is 14.4 Å². The predicted molar refractivity (Wildman–Crippen MR) is 116 cm³/mol. The summed E-state index contributed by atoms with van der Waals surface area (Å²) in [6.45, 7) is 5.73. The maximum Gasteiger partial charge on any atom is 0.266 e. The second kappa shape index (κ2) is 8.60. The van der Waals surface area contributed by atoms with Crippen LogP contribution in [0.5, 0.6) is 5.88 Å². The fourth-order valence-electron chi connectivity index (χ4n) is 4.09. The van der Waals surface area contributed by atoms with Gasteiger partial charge in [0.05, 0.1) is 30.3 Å². The highest BCUT2D eigenvalue weighted by Gasteiger charge is 2.21. The van der Waals surface area contributed by atoms with Crippen LogP contribution in [0.4, 0.5) is 5.69 Å². The molecule has 3 aromatic rings. The Morgan fingerprint density at radius 3 is 2.81 bits per heavy atom. The number of aryl methyl sites for hydroxylation is 1. The molecular weight excluding hydrogens is 396 g/mol. The van der Waals surface area contributed by atoms with Crippen LogP contribution in [0.25, 0.3) is 10.9 Å². The van der Waals surface area contributed by atoms with Gasteiger partial charge in [-0.15, -0.1) is 0 Å². The zero-order valence-corrected chi connectivity index (χ0v) is 17.6. The van der Waals surface area contributed by atoms with E-state index in [9.17, 15) is 4.79 Å². The smallest absolute Gasteiger partial charge is 0.266 e. The standard InChI is InChI=1S/C22H26N6O3/c1-26-21(29)10-16(12-25-26)13-27-5-7-28(8-6-27)17-2-3-20-19(11-17)22(24-15-23-20)31-18-4-9-30-14-18/h2-3,10-12,15,18H,4-9,13-14H2,1H3. The summed E-state index contributed by atoms with van der Waals surface area (Å²) in [6, 6.07) is 7.93. The molecule has 2 saturated heterocycles. The van der Waals surface area contributed by atoms with E-state index in [2.05, 4.69) is 37.0 Å². The summed E-state index contributed by atoms with van der Waals surface area (Å²) in [7, 11) is 1.66. The Balaban J connectivity index is 1.27. The van der Waals surface area contributed by atoms with Crippen LogP contribution in [-0.4, -0.2) is 70.1 Å². The van der Waals surface area contributed by atoms with Crippen LogP contribution in [0, 0.1) is 0 Å². The monoisotopic (exact) mass is 422 g/mol. The first kappa shape index (κ1) is 19.9. The molecular formula is C22H26N6O3. The number of fused-ring (bicyclic) bond motifs is 1. The van der Waals surface area contributed by atoms with E-state index in [1.54, 1.807) is 25.6 Å². The van der Waals surface area contributed by atoms with E-state index in [-0.39, 0.29) is 11.7 Å². The minimum atomic E-state index is -0.0725. The number of aromatic nitrogens is 4. The Hall–Kier alpha value is -3.04. The summed E-state index contributed by atoms with van der Waals surface area (Å²) in [5, 5.41) is 5.05. The highest BCUT2D eigenvalue weighted by Crippen LogP contribution is 2.29. The number of ether oxygens (including phenoxy) is 2. The Morgan fingerprint density at radius 2 is 2.03 bits per heavy atom. The first-order chi connectivity index (χ1) is 15.2. The number of hydrogen-bond donors (Lipinski definition) is 0. The normalized spacial score (nSPS) is 19.8. The molecule has 9 heteroatoms. The molecule has 31 heavy (non-hydrogen) atoms. The fraction of sp³-hybridized carbons (Fsp3) is 0.455. The van der Waals surface area contributed by atoms with Gasteiger partial charge in [0.15, 0.2) is 0 Å². The van der Waals surface area contributed by atoms with Crippen molar-refractivity contribution in [2.24, 2.45) is 7.05 Å². The quantitative estimate of drug-likeness (QED) is 0.607. The molecule has 0 bridgehead atoms. The van der Waals surface area contributed by atoms with Crippen molar-refractivity contribution < 1.29 is 9.47 Å². The van der Waals surface area contributed by atoms with E-state index in [1.807, 2.05) is 6.07 Å². The third-order valence-electron chi connectivity index (χ3n) is 5.92. The Labute approximate surface area is 180 Å². The van der Waals surface area contributed by atoms with Gasteiger partial charge in [0, 0.05) is 57.9 Å². The van der Waals surface area contributed by atoms with Gasteiger partial charge in [-0.2, -0.15) is 5.10 Å². The van der Waals surface area contributed by atoms with Crippen molar-refractivity contribution in [2.75, 3.05) is 44.3 Å². The predicted octanol–water partition coefficient (Wildman–Crippen LogP) is 1.21. The molecule has 0 spiro atoms. The van der Waals surface area contributed by atoms with Crippen LogP contribution in [0.15, 0.2) is 41.6 Å². The molecule has 0 radical (unpaired) electrons. The van der Waals surface area contributed by atoms with Crippen LogP contribution in [0.2, 0.25) is 0 Å². The van der Waals surface area contributed by atoms with Gasteiger partial charge in [-0.1, -0.05) is 0 Å². The Bertz CT molecular complexity index is 1120. The van der Waals surface area contributed by atoms with Crippen molar-refractivity contribution in [3.8, 4) is 5.88 Å². The molecule has 1 aromatic carbocycles. The molecule has 2 aliphatic rings. The average molecular weight is 422 g/mol. The van der Waals surface area contributed by atoms with Gasteiger partial charge in [-0.3, -0.25) is 9.69 Å². The van der Waals surface area contributed by atoms with Crippen LogP contribution in [-0.2, 0) is 18.3 Å². The molecule has 2 fully saturated rings. The Morgan fingerprint density at radius 1 is 1.16 bits per heavy atom. The van der Waals surface area contributed by atoms with E-state index in [1.165, 1.54) is 4.68 Å². The van der Waals surface area contributed by atoms with Crippen molar-refractivity contribution in [3.63, 3.8) is 0 Å². The van der Waals surface area contributed by atoms with E-state index >= 15 is 0 Å². The number of anilines is 1. The van der Waals surface area contributed by atoms with Gasteiger partial charge in [-0.25, -0.2) is 14.6 Å². The van der Waals surface area contributed by atoms with Crippen LogP contribution >= 0.6 is 0 Å². The lowest BCUT2D eigenvalue weighted by atomic mass is 10.1. The number of piperazine rings is 1. The van der Waals surface area contributed by atoms with Crippen LogP contribution in [0.1, 0.15) is 12.0 Å². The minimum Gasteiger partial charge on any atom is -0.471 e. The molecule has 5 rings (SSSR count). The summed E-state index contributed by atoms with van der Waals surface area (Å²) < 4.78 is 12.9. The Kier molecular flexibility index (Phi) is 5.52. The first-order valence-electron chi connectivity index (χ1n) is 10.6. The molecule has 0 N–H and O–H groups in total. The number of benzene rings is 1. The van der Waals surface area contributed by atoms with Crippen LogP contribution in [0.3, 0.4) is 0 Å². The van der Waals surface area contributed by atoms with E-state index in [4.69, 9.17) is 9.47 Å². The zero-order chi connectivity index (χ0) is 21.2. The number of hydrogen-bond acceptors (Lipinski definition) is 8. The molecule has 0 saturated carbocycles. The lowest BCUT2D eigenvalue weighted by molar-refractivity contribution is 0.139. The molecule has 0 aliphatic carbocycles. The number of rotatable bonds is 5. The minimum absolute atomic E-state index is 0.0506. The molecule has 9 nitrogen and oxygen atoms in total. The summed E-state index contributed by atoms with van der Waals surface area (Å²) in [6.07, 6.45) is 4.26. The van der Waals surface area contributed by atoms with Gasteiger partial charge in [0.2, 0.25) is 5.88 Å². The maximum atomic E-state index is 11.8.